The van der Waals surface area contributed by atoms with E-state index in [4.69, 9.17) is 4.74 Å². The summed E-state index contributed by atoms with van der Waals surface area (Å²) in [6.45, 7) is -0.341. The third kappa shape index (κ3) is 6.84. The van der Waals surface area contributed by atoms with Crippen LogP contribution in [0.25, 0.3) is 0 Å². The van der Waals surface area contributed by atoms with Crippen LogP contribution in [0.3, 0.4) is 0 Å². The molecule has 0 saturated carbocycles. The minimum absolute atomic E-state index is 0.0820. The van der Waals surface area contributed by atoms with E-state index in [-0.39, 0.29) is 34.4 Å². The number of rotatable bonds is 8. The lowest BCUT2D eigenvalue weighted by Crippen LogP contribution is -2.33. The number of benzene rings is 2. The molecule has 2 rings (SSSR count). The summed E-state index contributed by atoms with van der Waals surface area (Å²) in [5.41, 5.74) is -0.644. The summed E-state index contributed by atoms with van der Waals surface area (Å²) in [5.74, 6) is 0.129. The van der Waals surface area contributed by atoms with Crippen molar-refractivity contribution >= 4 is 25.4 Å². The van der Waals surface area contributed by atoms with E-state index in [9.17, 15) is 35.1 Å². The van der Waals surface area contributed by atoms with Crippen molar-refractivity contribution in [3.63, 3.8) is 0 Å². The van der Waals surface area contributed by atoms with Crippen molar-refractivity contribution in [1.29, 1.82) is 0 Å². The van der Waals surface area contributed by atoms with E-state index in [0.717, 1.165) is 42.8 Å². The van der Waals surface area contributed by atoms with Gasteiger partial charge in [-0.25, -0.2) is 16.8 Å². The number of hydrogen-bond acceptors (Lipinski definition) is 7. The van der Waals surface area contributed by atoms with Crippen molar-refractivity contribution in [3.05, 3.63) is 48.0 Å². The standard InChI is InChI=1S/C19H22F3NO6S2/c1-23(17-9-8-16(30(2,25)26)10-18(17)31(3,27)28)11-14(24)12-29-15-6-4-13(5-7-15)19(20,21)22/h4-10,14,24H,11-12H2,1-3H3. The van der Waals surface area contributed by atoms with Gasteiger partial charge in [-0.2, -0.15) is 13.2 Å². The molecule has 0 amide bonds. The molecule has 1 N–H and O–H groups in total. The van der Waals surface area contributed by atoms with E-state index >= 15 is 0 Å². The summed E-state index contributed by atoms with van der Waals surface area (Å²) in [6.07, 6.45) is -3.69. The van der Waals surface area contributed by atoms with Crippen molar-refractivity contribution in [3.8, 4) is 5.75 Å². The summed E-state index contributed by atoms with van der Waals surface area (Å²) in [6, 6.07) is 7.62. The van der Waals surface area contributed by atoms with Crippen molar-refractivity contribution in [1.82, 2.24) is 0 Å². The Morgan fingerprint density at radius 2 is 1.58 bits per heavy atom. The number of aliphatic hydroxyl groups is 1. The highest BCUT2D eigenvalue weighted by Gasteiger charge is 2.30. The van der Waals surface area contributed by atoms with E-state index in [2.05, 4.69) is 0 Å². The van der Waals surface area contributed by atoms with Gasteiger partial charge >= 0.3 is 6.18 Å². The lowest BCUT2D eigenvalue weighted by atomic mass is 10.2. The van der Waals surface area contributed by atoms with Crippen LogP contribution < -0.4 is 9.64 Å². The number of aliphatic hydroxyl groups excluding tert-OH is 1. The highest BCUT2D eigenvalue weighted by Crippen LogP contribution is 2.30. The highest BCUT2D eigenvalue weighted by atomic mass is 32.2. The van der Waals surface area contributed by atoms with Crippen molar-refractivity contribution < 1.29 is 39.9 Å². The average Bonchev–Trinajstić information content (AvgIpc) is 2.64. The van der Waals surface area contributed by atoms with Crippen LogP contribution in [0.1, 0.15) is 5.56 Å². The van der Waals surface area contributed by atoms with E-state index in [1.165, 1.54) is 24.1 Å². The summed E-state index contributed by atoms with van der Waals surface area (Å²) < 4.78 is 90.8. The number of sulfone groups is 2. The fourth-order valence-electron chi connectivity index (χ4n) is 2.74. The molecule has 0 spiro atoms. The first-order chi connectivity index (χ1) is 14.1. The van der Waals surface area contributed by atoms with Crippen molar-refractivity contribution in [2.45, 2.75) is 22.1 Å². The molecule has 2 aromatic carbocycles. The zero-order valence-corrected chi connectivity index (χ0v) is 18.6. The van der Waals surface area contributed by atoms with Gasteiger partial charge in [-0.3, -0.25) is 0 Å². The number of nitrogens with zero attached hydrogens (tertiary/aromatic N) is 1. The molecule has 0 heterocycles. The molecule has 0 radical (unpaired) electrons. The molecule has 7 nitrogen and oxygen atoms in total. The Kier molecular flexibility index (Phi) is 7.28. The lowest BCUT2D eigenvalue weighted by molar-refractivity contribution is -0.137. The zero-order valence-electron chi connectivity index (χ0n) is 16.9. The van der Waals surface area contributed by atoms with Gasteiger partial charge in [0.05, 0.1) is 21.0 Å². The molecule has 31 heavy (non-hydrogen) atoms. The quantitative estimate of drug-likeness (QED) is 0.618. The second kappa shape index (κ2) is 9.05. The maximum atomic E-state index is 12.6. The van der Waals surface area contributed by atoms with E-state index in [1.54, 1.807) is 0 Å². The summed E-state index contributed by atoms with van der Waals surface area (Å²) >= 11 is 0. The monoisotopic (exact) mass is 481 g/mol. The van der Waals surface area contributed by atoms with Gasteiger partial charge in [-0.15, -0.1) is 0 Å². The fraction of sp³-hybridized carbons (Fsp3) is 0.368. The van der Waals surface area contributed by atoms with Gasteiger partial charge in [0.1, 0.15) is 18.5 Å². The van der Waals surface area contributed by atoms with Crippen molar-refractivity contribution in [2.75, 3.05) is 37.6 Å². The average molecular weight is 482 g/mol. The van der Waals surface area contributed by atoms with Gasteiger partial charge < -0.3 is 14.7 Å². The van der Waals surface area contributed by atoms with Crippen LogP contribution in [0, 0.1) is 0 Å². The maximum absolute atomic E-state index is 12.6. The van der Waals surface area contributed by atoms with Crippen LogP contribution in [0.2, 0.25) is 0 Å². The second-order valence-corrected chi connectivity index (χ2v) is 11.0. The highest BCUT2D eigenvalue weighted by molar-refractivity contribution is 7.91. The largest absolute Gasteiger partial charge is 0.491 e. The molecule has 0 saturated heterocycles. The third-order valence-electron chi connectivity index (χ3n) is 4.28. The fourth-order valence-corrected chi connectivity index (χ4v) is 4.40. The first-order valence-corrected chi connectivity index (χ1v) is 12.6. The van der Waals surface area contributed by atoms with Gasteiger partial charge in [0.2, 0.25) is 0 Å². The number of halogens is 3. The van der Waals surface area contributed by atoms with Crippen LogP contribution in [-0.4, -0.2) is 60.8 Å². The molecule has 12 heteroatoms. The topological polar surface area (TPSA) is 101 Å². The number of hydrogen-bond donors (Lipinski definition) is 1. The summed E-state index contributed by atoms with van der Waals surface area (Å²) in [5, 5.41) is 10.2. The normalized spacial score (nSPS) is 13.6. The van der Waals surface area contributed by atoms with Gasteiger partial charge in [-0.1, -0.05) is 0 Å². The Morgan fingerprint density at radius 3 is 2.06 bits per heavy atom. The molecule has 2 aromatic rings. The molecular formula is C19H22F3NO6S2. The Morgan fingerprint density at radius 1 is 1.00 bits per heavy atom. The Hall–Kier alpha value is -2.31. The van der Waals surface area contributed by atoms with Gasteiger partial charge in [-0.05, 0) is 42.5 Å². The minimum atomic E-state index is -4.47. The van der Waals surface area contributed by atoms with Crippen LogP contribution in [0.15, 0.2) is 52.3 Å². The van der Waals surface area contributed by atoms with E-state index in [1.807, 2.05) is 0 Å². The molecule has 0 aliphatic carbocycles. The minimum Gasteiger partial charge on any atom is -0.491 e. The third-order valence-corrected chi connectivity index (χ3v) is 6.51. The second-order valence-electron chi connectivity index (χ2n) is 7.04. The SMILES string of the molecule is CN(CC(O)COc1ccc(C(F)(F)F)cc1)c1ccc(S(C)(=O)=O)cc1S(C)(=O)=O. The van der Waals surface area contributed by atoms with Gasteiger partial charge in [0, 0.05) is 26.1 Å². The summed E-state index contributed by atoms with van der Waals surface area (Å²) in [7, 11) is -5.90. The Balaban J connectivity index is 2.11. The van der Waals surface area contributed by atoms with Gasteiger partial charge in [0.15, 0.2) is 19.7 Å². The van der Waals surface area contributed by atoms with E-state index < -0.39 is 37.5 Å². The first kappa shape index (κ1) is 25.0. The Labute approximate surface area is 178 Å². The number of anilines is 1. The molecule has 0 bridgehead atoms. The molecule has 0 fully saturated rings. The number of alkyl halides is 3. The predicted octanol–water partition coefficient (Wildman–Crippen LogP) is 2.39. The zero-order chi connectivity index (χ0) is 23.6. The molecule has 172 valence electrons. The maximum Gasteiger partial charge on any atom is 0.416 e. The van der Waals surface area contributed by atoms with Crippen LogP contribution in [-0.2, 0) is 25.9 Å². The van der Waals surface area contributed by atoms with Gasteiger partial charge in [0.25, 0.3) is 0 Å². The molecule has 1 atom stereocenters. The molecule has 0 aliphatic heterocycles. The molecule has 1 unspecified atom stereocenters. The number of likely N-dealkylation sites (N-methyl/N-ethyl adjacent to an activating group) is 1. The first-order valence-electron chi connectivity index (χ1n) is 8.82. The number of ether oxygens (including phenoxy) is 1. The Bertz CT molecular complexity index is 1130. The van der Waals surface area contributed by atoms with E-state index in [0.29, 0.717) is 0 Å². The molecule has 0 aliphatic rings. The molecular weight excluding hydrogens is 459 g/mol. The van der Waals surface area contributed by atoms with Crippen LogP contribution in [0.5, 0.6) is 5.75 Å². The lowest BCUT2D eigenvalue weighted by Gasteiger charge is -2.25. The smallest absolute Gasteiger partial charge is 0.416 e. The summed E-state index contributed by atoms with van der Waals surface area (Å²) in [4.78, 5) is 1.05. The molecule has 0 aromatic heterocycles. The van der Waals surface area contributed by atoms with Crippen molar-refractivity contribution in [2.24, 2.45) is 0 Å². The predicted molar refractivity (Wildman–Crippen MR) is 109 cm³/mol. The van der Waals surface area contributed by atoms with Crippen LogP contribution >= 0.6 is 0 Å². The van der Waals surface area contributed by atoms with Crippen LogP contribution in [0.4, 0.5) is 18.9 Å².